The number of rotatable bonds is 9. The van der Waals surface area contributed by atoms with Gasteiger partial charge >= 0.3 is 0 Å². The summed E-state index contributed by atoms with van der Waals surface area (Å²) >= 11 is 0. The number of nitrogens with two attached hydrogens (primary N) is 1. The van der Waals surface area contributed by atoms with E-state index >= 15 is 0 Å². The minimum atomic E-state index is 0.301. The van der Waals surface area contributed by atoms with E-state index in [-0.39, 0.29) is 0 Å². The second-order valence-electron chi connectivity index (χ2n) is 3.92. The molecule has 17 heavy (non-hydrogen) atoms. The molecular formula is C11H26N4O2. The van der Waals surface area contributed by atoms with E-state index in [9.17, 15) is 0 Å². The van der Waals surface area contributed by atoms with E-state index in [1.165, 1.54) is 0 Å². The van der Waals surface area contributed by atoms with Crippen LogP contribution in [0, 0.1) is 0 Å². The largest absolute Gasteiger partial charge is 0.383 e. The molecule has 0 saturated carbocycles. The zero-order valence-electron chi connectivity index (χ0n) is 11.2. The third kappa shape index (κ3) is 11.4. The molecule has 0 atom stereocenters. The van der Waals surface area contributed by atoms with Crippen LogP contribution in [0.2, 0.25) is 0 Å². The Morgan fingerprint density at radius 3 is 2.65 bits per heavy atom. The average molecular weight is 246 g/mol. The summed E-state index contributed by atoms with van der Waals surface area (Å²) in [5.74, 6) is 5.93. The fourth-order valence-electron chi connectivity index (χ4n) is 1.15. The van der Waals surface area contributed by atoms with Crippen LogP contribution in [0.4, 0.5) is 0 Å². The Balaban J connectivity index is 3.50. The molecule has 0 fully saturated rings. The fourth-order valence-corrected chi connectivity index (χ4v) is 1.15. The van der Waals surface area contributed by atoms with E-state index in [4.69, 9.17) is 15.3 Å². The Kier molecular flexibility index (Phi) is 11.0. The third-order valence-corrected chi connectivity index (χ3v) is 2.01. The number of hydrazine groups is 1. The predicted molar refractivity (Wildman–Crippen MR) is 69.8 cm³/mol. The molecule has 0 amide bonds. The summed E-state index contributed by atoms with van der Waals surface area (Å²) < 4.78 is 10.3. The second kappa shape index (κ2) is 11.6. The van der Waals surface area contributed by atoms with E-state index in [1.807, 2.05) is 13.8 Å². The van der Waals surface area contributed by atoms with Crippen LogP contribution >= 0.6 is 0 Å². The van der Waals surface area contributed by atoms with Gasteiger partial charge in [0.15, 0.2) is 0 Å². The highest BCUT2D eigenvalue weighted by Crippen LogP contribution is 1.94. The van der Waals surface area contributed by atoms with Crippen LogP contribution in [0.1, 0.15) is 26.7 Å². The first-order valence-corrected chi connectivity index (χ1v) is 6.06. The zero-order valence-corrected chi connectivity index (χ0v) is 11.2. The van der Waals surface area contributed by atoms with Crippen molar-refractivity contribution in [1.82, 2.24) is 10.7 Å². The topological polar surface area (TPSA) is 80.9 Å². The number of unbranched alkanes of at least 4 members (excludes halogenated alkanes) is 1. The number of hydrogen-bond acceptors (Lipinski definition) is 4. The van der Waals surface area contributed by atoms with Crippen molar-refractivity contribution < 1.29 is 9.47 Å². The standard InChI is InChI=1S/C11H26N4O2/c1-10(2)17-8-5-4-6-13-11(15-12)14-7-9-16-3/h10H,4-9,12H2,1-3H3,(H2,13,14,15). The number of ether oxygens (including phenoxy) is 2. The first-order valence-electron chi connectivity index (χ1n) is 6.06. The van der Waals surface area contributed by atoms with Gasteiger partial charge in [0.2, 0.25) is 5.96 Å². The van der Waals surface area contributed by atoms with E-state index < -0.39 is 0 Å². The van der Waals surface area contributed by atoms with Crippen LogP contribution in [0.3, 0.4) is 0 Å². The van der Waals surface area contributed by atoms with Gasteiger partial charge in [0, 0.05) is 26.8 Å². The van der Waals surface area contributed by atoms with Gasteiger partial charge in [-0.2, -0.15) is 0 Å². The van der Waals surface area contributed by atoms with Crippen molar-refractivity contribution in [2.45, 2.75) is 32.8 Å². The van der Waals surface area contributed by atoms with Crippen molar-refractivity contribution in [2.24, 2.45) is 10.8 Å². The van der Waals surface area contributed by atoms with Gasteiger partial charge in [0.25, 0.3) is 0 Å². The van der Waals surface area contributed by atoms with E-state index in [1.54, 1.807) is 7.11 Å². The first-order chi connectivity index (χ1) is 8.20. The zero-order chi connectivity index (χ0) is 12.9. The summed E-state index contributed by atoms with van der Waals surface area (Å²) in [4.78, 5) is 4.29. The van der Waals surface area contributed by atoms with E-state index in [0.717, 1.165) is 26.0 Å². The molecular weight excluding hydrogens is 220 g/mol. The monoisotopic (exact) mass is 246 g/mol. The molecule has 0 heterocycles. The van der Waals surface area contributed by atoms with Crippen molar-refractivity contribution in [3.8, 4) is 0 Å². The predicted octanol–water partition coefficient (Wildman–Crippen LogP) is 0.247. The Morgan fingerprint density at radius 2 is 2.06 bits per heavy atom. The quantitative estimate of drug-likeness (QED) is 0.179. The van der Waals surface area contributed by atoms with E-state index in [2.05, 4.69) is 15.7 Å². The molecule has 0 aliphatic rings. The normalized spacial score (nSPS) is 11.9. The molecule has 102 valence electrons. The molecule has 6 heteroatoms. The summed E-state index contributed by atoms with van der Waals surface area (Å²) in [6.07, 6.45) is 2.30. The van der Waals surface area contributed by atoms with Crippen LogP contribution in [-0.4, -0.2) is 45.5 Å². The van der Waals surface area contributed by atoms with Crippen molar-refractivity contribution in [3.63, 3.8) is 0 Å². The lowest BCUT2D eigenvalue weighted by molar-refractivity contribution is 0.0763. The number of nitrogens with zero attached hydrogens (tertiary/aromatic N) is 1. The minimum absolute atomic E-state index is 0.301. The van der Waals surface area contributed by atoms with Crippen molar-refractivity contribution in [1.29, 1.82) is 0 Å². The van der Waals surface area contributed by atoms with Crippen LogP contribution in [-0.2, 0) is 9.47 Å². The number of nitrogens with one attached hydrogen (secondary N) is 2. The average Bonchev–Trinajstić information content (AvgIpc) is 2.31. The van der Waals surface area contributed by atoms with Gasteiger partial charge in [-0.3, -0.25) is 10.4 Å². The molecule has 6 nitrogen and oxygen atoms in total. The van der Waals surface area contributed by atoms with Crippen molar-refractivity contribution in [3.05, 3.63) is 0 Å². The molecule has 0 bridgehead atoms. The first kappa shape index (κ1) is 16.1. The highest BCUT2D eigenvalue weighted by Gasteiger charge is 1.95. The van der Waals surface area contributed by atoms with Gasteiger partial charge in [-0.15, -0.1) is 0 Å². The van der Waals surface area contributed by atoms with Crippen molar-refractivity contribution >= 4 is 5.96 Å². The molecule has 0 aliphatic heterocycles. The van der Waals surface area contributed by atoms with Crippen LogP contribution < -0.4 is 16.6 Å². The second-order valence-corrected chi connectivity index (χ2v) is 3.92. The third-order valence-electron chi connectivity index (χ3n) is 2.01. The smallest absolute Gasteiger partial charge is 0.205 e. The van der Waals surface area contributed by atoms with Gasteiger partial charge in [-0.1, -0.05) is 0 Å². The van der Waals surface area contributed by atoms with Gasteiger partial charge in [0.05, 0.1) is 12.7 Å². The summed E-state index contributed by atoms with van der Waals surface area (Å²) in [7, 11) is 1.66. The summed E-state index contributed by atoms with van der Waals surface area (Å²) in [6.45, 7) is 6.91. The Morgan fingerprint density at radius 1 is 1.29 bits per heavy atom. The lowest BCUT2D eigenvalue weighted by atomic mass is 10.3. The summed E-state index contributed by atoms with van der Waals surface area (Å²) in [5, 5.41) is 3.04. The molecule has 0 saturated heterocycles. The maximum Gasteiger partial charge on any atom is 0.205 e. The lowest BCUT2D eigenvalue weighted by Crippen LogP contribution is -2.42. The summed E-state index contributed by atoms with van der Waals surface area (Å²) in [6, 6.07) is 0. The van der Waals surface area contributed by atoms with Crippen LogP contribution in [0.25, 0.3) is 0 Å². The van der Waals surface area contributed by atoms with Gasteiger partial charge in [-0.25, -0.2) is 5.84 Å². The lowest BCUT2D eigenvalue weighted by Gasteiger charge is -2.09. The molecule has 0 aromatic rings. The molecule has 0 aromatic heterocycles. The number of methoxy groups -OCH3 is 1. The Hall–Kier alpha value is -0.850. The maximum absolute atomic E-state index is 5.43. The molecule has 0 aromatic carbocycles. The Labute approximate surface area is 104 Å². The van der Waals surface area contributed by atoms with Gasteiger partial charge < -0.3 is 14.8 Å². The number of hydrogen-bond donors (Lipinski definition) is 3. The molecule has 4 N–H and O–H groups in total. The van der Waals surface area contributed by atoms with Gasteiger partial charge in [-0.05, 0) is 26.7 Å². The fraction of sp³-hybridized carbons (Fsp3) is 0.909. The SMILES string of the molecule is COCCNC(=NCCCCOC(C)C)NN. The summed E-state index contributed by atoms with van der Waals surface area (Å²) in [5.41, 5.74) is 2.52. The van der Waals surface area contributed by atoms with Crippen LogP contribution in [0.5, 0.6) is 0 Å². The highest BCUT2D eigenvalue weighted by molar-refractivity contribution is 5.79. The molecule has 0 spiro atoms. The number of aliphatic imine (C=N–C) groups is 1. The maximum atomic E-state index is 5.43. The Bertz CT molecular complexity index is 198. The van der Waals surface area contributed by atoms with E-state index in [0.29, 0.717) is 25.2 Å². The minimum Gasteiger partial charge on any atom is -0.383 e. The highest BCUT2D eigenvalue weighted by atomic mass is 16.5. The number of guanidine groups is 1. The molecule has 0 unspecified atom stereocenters. The van der Waals surface area contributed by atoms with Gasteiger partial charge in [0.1, 0.15) is 0 Å². The molecule has 0 rings (SSSR count). The molecule has 0 aliphatic carbocycles. The molecule has 0 radical (unpaired) electrons. The van der Waals surface area contributed by atoms with Crippen molar-refractivity contribution in [2.75, 3.05) is 33.4 Å². The van der Waals surface area contributed by atoms with Crippen LogP contribution in [0.15, 0.2) is 4.99 Å².